The summed E-state index contributed by atoms with van der Waals surface area (Å²) in [5.41, 5.74) is 3.95. The van der Waals surface area contributed by atoms with Gasteiger partial charge in [-0.15, -0.1) is 11.8 Å². The van der Waals surface area contributed by atoms with Gasteiger partial charge in [-0.25, -0.2) is 0 Å². The number of aryl methyl sites for hydroxylation is 2. The summed E-state index contributed by atoms with van der Waals surface area (Å²) in [4.78, 5) is 5.63. The van der Waals surface area contributed by atoms with Gasteiger partial charge in [-0.1, -0.05) is 25.1 Å². The molecule has 0 aliphatic heterocycles. The third-order valence-electron chi connectivity index (χ3n) is 3.40. The number of hydrogen-bond acceptors (Lipinski definition) is 3. The van der Waals surface area contributed by atoms with Gasteiger partial charge < -0.3 is 5.32 Å². The first-order chi connectivity index (χ1) is 9.72. The van der Waals surface area contributed by atoms with Gasteiger partial charge in [0.1, 0.15) is 0 Å². The highest BCUT2D eigenvalue weighted by atomic mass is 32.2. The topological polar surface area (TPSA) is 24.9 Å². The van der Waals surface area contributed by atoms with Crippen LogP contribution in [-0.4, -0.2) is 17.3 Å². The molecule has 2 aromatic rings. The van der Waals surface area contributed by atoms with Crippen molar-refractivity contribution in [3.05, 3.63) is 59.4 Å². The van der Waals surface area contributed by atoms with Gasteiger partial charge in [-0.3, -0.25) is 4.98 Å². The van der Waals surface area contributed by atoms with Crippen molar-refractivity contribution in [1.82, 2.24) is 10.3 Å². The molecule has 1 atom stereocenters. The monoisotopic (exact) mass is 286 g/mol. The summed E-state index contributed by atoms with van der Waals surface area (Å²) in [6, 6.07) is 11.0. The molecule has 0 spiro atoms. The molecule has 0 aliphatic rings. The predicted molar refractivity (Wildman–Crippen MR) is 87.3 cm³/mol. The van der Waals surface area contributed by atoms with Gasteiger partial charge >= 0.3 is 0 Å². The average Bonchev–Trinajstić information content (AvgIpc) is 2.46. The van der Waals surface area contributed by atoms with Crippen LogP contribution in [0.15, 0.2) is 47.6 Å². The molecular formula is C17H22N2S. The molecule has 0 bridgehead atoms. The molecule has 1 heterocycles. The highest BCUT2D eigenvalue weighted by Gasteiger charge is 2.13. The highest BCUT2D eigenvalue weighted by Crippen LogP contribution is 2.28. The van der Waals surface area contributed by atoms with Crippen molar-refractivity contribution in [2.75, 3.05) is 12.3 Å². The molecule has 1 aromatic heterocycles. The number of hydrogen-bond donors (Lipinski definition) is 1. The number of rotatable bonds is 6. The minimum absolute atomic E-state index is 0.346. The lowest BCUT2D eigenvalue weighted by atomic mass is 10.1. The second kappa shape index (κ2) is 7.46. The quantitative estimate of drug-likeness (QED) is 0.808. The molecule has 1 unspecified atom stereocenters. The van der Waals surface area contributed by atoms with Gasteiger partial charge in [0, 0.05) is 29.1 Å². The second-order valence-corrected chi connectivity index (χ2v) is 5.98. The molecule has 0 radical (unpaired) electrons. The molecule has 0 saturated heterocycles. The summed E-state index contributed by atoms with van der Waals surface area (Å²) in [5, 5.41) is 3.57. The van der Waals surface area contributed by atoms with Crippen LogP contribution in [0.5, 0.6) is 0 Å². The van der Waals surface area contributed by atoms with Crippen LogP contribution in [0.3, 0.4) is 0 Å². The number of aromatic nitrogens is 1. The van der Waals surface area contributed by atoms with E-state index in [4.69, 9.17) is 0 Å². The Morgan fingerprint density at radius 3 is 2.65 bits per heavy atom. The lowest BCUT2D eigenvalue weighted by molar-refractivity contribution is 0.601. The number of thioether (sulfide) groups is 1. The lowest BCUT2D eigenvalue weighted by Crippen LogP contribution is -2.23. The van der Waals surface area contributed by atoms with Crippen LogP contribution < -0.4 is 5.32 Å². The first kappa shape index (κ1) is 15.1. The third-order valence-corrected chi connectivity index (χ3v) is 4.67. The fourth-order valence-corrected chi connectivity index (χ4v) is 3.35. The van der Waals surface area contributed by atoms with Crippen molar-refractivity contribution >= 4 is 11.8 Å². The normalized spacial score (nSPS) is 12.3. The van der Waals surface area contributed by atoms with Crippen molar-refractivity contribution in [1.29, 1.82) is 0 Å². The van der Waals surface area contributed by atoms with Crippen LogP contribution >= 0.6 is 11.8 Å². The van der Waals surface area contributed by atoms with E-state index in [1.54, 1.807) is 0 Å². The maximum atomic E-state index is 4.27. The summed E-state index contributed by atoms with van der Waals surface area (Å²) in [6.45, 7) is 7.43. The summed E-state index contributed by atoms with van der Waals surface area (Å²) >= 11 is 1.91. The molecule has 106 valence electrons. The molecule has 0 aliphatic carbocycles. The minimum atomic E-state index is 0.346. The van der Waals surface area contributed by atoms with Gasteiger partial charge in [-0.05, 0) is 49.2 Å². The van der Waals surface area contributed by atoms with E-state index >= 15 is 0 Å². The molecule has 0 saturated carbocycles. The van der Waals surface area contributed by atoms with E-state index in [2.05, 4.69) is 61.4 Å². The van der Waals surface area contributed by atoms with Crippen LogP contribution in [0.4, 0.5) is 0 Å². The van der Waals surface area contributed by atoms with E-state index in [1.165, 1.54) is 21.6 Å². The Bertz CT molecular complexity index is 554. The van der Waals surface area contributed by atoms with Gasteiger partial charge in [-0.2, -0.15) is 0 Å². The van der Waals surface area contributed by atoms with Gasteiger partial charge in [0.15, 0.2) is 0 Å². The van der Waals surface area contributed by atoms with E-state index in [0.29, 0.717) is 6.04 Å². The Balaban J connectivity index is 2.11. The first-order valence-corrected chi connectivity index (χ1v) is 8.03. The Labute approximate surface area is 126 Å². The number of pyridine rings is 1. The Morgan fingerprint density at radius 1 is 1.15 bits per heavy atom. The Kier molecular flexibility index (Phi) is 5.62. The molecule has 1 N–H and O–H groups in total. The zero-order chi connectivity index (χ0) is 14.4. The summed E-state index contributed by atoms with van der Waals surface area (Å²) in [5.74, 6) is 1.02. The largest absolute Gasteiger partial charge is 0.309 e. The SMILES string of the molecule is CCNC(CSc1ccccc1C)c1cnccc1C. The summed E-state index contributed by atoms with van der Waals surface area (Å²) < 4.78 is 0. The zero-order valence-electron chi connectivity index (χ0n) is 12.4. The van der Waals surface area contributed by atoms with Crippen molar-refractivity contribution in [2.45, 2.75) is 31.7 Å². The fraction of sp³-hybridized carbons (Fsp3) is 0.353. The molecule has 0 amide bonds. The van der Waals surface area contributed by atoms with Crippen LogP contribution in [0.25, 0.3) is 0 Å². The Morgan fingerprint density at radius 2 is 1.95 bits per heavy atom. The molecule has 2 nitrogen and oxygen atoms in total. The average molecular weight is 286 g/mol. The van der Waals surface area contributed by atoms with Gasteiger partial charge in [0.2, 0.25) is 0 Å². The number of benzene rings is 1. The molecule has 3 heteroatoms. The van der Waals surface area contributed by atoms with Crippen LogP contribution in [0.1, 0.15) is 29.7 Å². The highest BCUT2D eigenvalue weighted by molar-refractivity contribution is 7.99. The first-order valence-electron chi connectivity index (χ1n) is 7.04. The van der Waals surface area contributed by atoms with Crippen LogP contribution in [0.2, 0.25) is 0 Å². The lowest BCUT2D eigenvalue weighted by Gasteiger charge is -2.20. The molecule has 0 fully saturated rings. The van der Waals surface area contributed by atoms with E-state index < -0.39 is 0 Å². The predicted octanol–water partition coefficient (Wildman–Crippen LogP) is 4.14. The van der Waals surface area contributed by atoms with Crippen molar-refractivity contribution in [3.8, 4) is 0 Å². The van der Waals surface area contributed by atoms with E-state index in [-0.39, 0.29) is 0 Å². The number of nitrogens with one attached hydrogen (secondary N) is 1. The standard InChI is InChI=1S/C17H22N2S/c1-4-19-16(15-11-18-10-9-13(15)2)12-20-17-8-6-5-7-14(17)3/h5-11,16,19H,4,12H2,1-3H3. The van der Waals surface area contributed by atoms with E-state index in [9.17, 15) is 0 Å². The summed E-state index contributed by atoms with van der Waals surface area (Å²) in [7, 11) is 0. The maximum Gasteiger partial charge on any atom is 0.0433 e. The van der Waals surface area contributed by atoms with Crippen molar-refractivity contribution in [3.63, 3.8) is 0 Å². The molecule has 2 rings (SSSR count). The third kappa shape index (κ3) is 3.84. The van der Waals surface area contributed by atoms with Gasteiger partial charge in [0.25, 0.3) is 0 Å². The molecule has 1 aromatic carbocycles. The van der Waals surface area contributed by atoms with E-state index in [1.807, 2.05) is 24.2 Å². The van der Waals surface area contributed by atoms with Crippen LogP contribution in [-0.2, 0) is 0 Å². The minimum Gasteiger partial charge on any atom is -0.309 e. The fourth-order valence-electron chi connectivity index (χ4n) is 2.24. The molecular weight excluding hydrogens is 264 g/mol. The van der Waals surface area contributed by atoms with Gasteiger partial charge in [0.05, 0.1) is 0 Å². The summed E-state index contributed by atoms with van der Waals surface area (Å²) in [6.07, 6.45) is 3.84. The zero-order valence-corrected chi connectivity index (χ0v) is 13.2. The maximum absolute atomic E-state index is 4.27. The van der Waals surface area contributed by atoms with E-state index in [0.717, 1.165) is 12.3 Å². The second-order valence-electron chi connectivity index (χ2n) is 4.92. The number of nitrogens with zero attached hydrogens (tertiary/aromatic N) is 1. The Hall–Kier alpha value is -1.32. The van der Waals surface area contributed by atoms with Crippen LogP contribution in [0, 0.1) is 13.8 Å². The van der Waals surface area contributed by atoms with Crippen molar-refractivity contribution < 1.29 is 0 Å². The molecule has 20 heavy (non-hydrogen) atoms. The smallest absolute Gasteiger partial charge is 0.0433 e. The van der Waals surface area contributed by atoms with Crippen molar-refractivity contribution in [2.24, 2.45) is 0 Å².